The first kappa shape index (κ1) is 99.2. The molecular formula is C110H155Cl5. The molecular weight excluding hydrogens is 1500 g/mol. The Labute approximate surface area is 732 Å². The third-order valence-corrected chi connectivity index (χ3v) is 26.6. The average Bonchev–Trinajstić information content (AvgIpc) is 0.909. The van der Waals surface area contributed by atoms with Crippen molar-refractivity contribution in [2.24, 2.45) is 59.2 Å². The highest BCUT2D eigenvalue weighted by molar-refractivity contribution is 6.31. The molecule has 10 rings (SSSR count). The summed E-state index contributed by atoms with van der Waals surface area (Å²) < 4.78 is 0. The number of benzene rings is 5. The Morgan fingerprint density at radius 3 is 0.461 bits per heavy atom. The molecule has 5 aliphatic rings. The van der Waals surface area contributed by atoms with Crippen LogP contribution in [0.3, 0.4) is 0 Å². The highest BCUT2D eigenvalue weighted by Crippen LogP contribution is 2.37. The second kappa shape index (κ2) is 65.2. The minimum Gasteiger partial charge on any atom is -0.0945 e. The number of halogens is 5. The van der Waals surface area contributed by atoms with E-state index < -0.39 is 0 Å². The second-order valence-corrected chi connectivity index (χ2v) is 37.4. The van der Waals surface area contributed by atoms with Crippen LogP contribution >= 0.6 is 58.0 Å². The van der Waals surface area contributed by atoms with Gasteiger partial charge in [-0.2, -0.15) is 0 Å². The van der Waals surface area contributed by atoms with Crippen molar-refractivity contribution in [1.29, 1.82) is 0 Å². The molecule has 5 aromatic carbocycles. The van der Waals surface area contributed by atoms with Crippen LogP contribution in [0.1, 0.15) is 416 Å². The van der Waals surface area contributed by atoms with Gasteiger partial charge in [-0.1, -0.05) is 377 Å². The molecule has 0 nitrogen and oxygen atoms in total. The largest absolute Gasteiger partial charge is 0.0945 e. The third kappa shape index (κ3) is 49.0. The van der Waals surface area contributed by atoms with Crippen molar-refractivity contribution in [3.63, 3.8) is 0 Å². The molecule has 0 N–H and O–H groups in total. The van der Waals surface area contributed by atoms with Gasteiger partial charge in [0.05, 0.1) is 0 Å². The molecule has 0 saturated heterocycles. The van der Waals surface area contributed by atoms with E-state index >= 15 is 0 Å². The van der Waals surface area contributed by atoms with Crippen molar-refractivity contribution < 1.29 is 0 Å². The predicted molar refractivity (Wildman–Crippen MR) is 509 cm³/mol. The van der Waals surface area contributed by atoms with Crippen LogP contribution in [-0.2, 0) is 0 Å². The lowest BCUT2D eigenvalue weighted by Gasteiger charge is -2.25. The average molecular weight is 1650 g/mol. The van der Waals surface area contributed by atoms with Crippen LogP contribution < -0.4 is 0 Å². The highest BCUT2D eigenvalue weighted by Gasteiger charge is 2.24. The molecule has 0 amide bonds. The molecule has 5 heteroatoms. The van der Waals surface area contributed by atoms with Crippen LogP contribution in [0.25, 0.3) is 0 Å². The van der Waals surface area contributed by atoms with E-state index in [0.717, 1.165) is 82.5 Å². The quantitative estimate of drug-likeness (QED) is 0.0280. The summed E-state index contributed by atoms with van der Waals surface area (Å²) in [6, 6.07) is 39.3. The van der Waals surface area contributed by atoms with Gasteiger partial charge in [0.15, 0.2) is 0 Å². The van der Waals surface area contributed by atoms with E-state index in [1.807, 2.05) is 121 Å². The smallest absolute Gasteiger partial charge is 0.0406 e. The van der Waals surface area contributed by atoms with E-state index in [-0.39, 0.29) is 0 Å². The number of unbranched alkanes of at least 4 members (excludes halogenated alkanes) is 25. The Balaban J connectivity index is 0.000000224. The van der Waals surface area contributed by atoms with Crippen molar-refractivity contribution >= 4 is 58.0 Å². The van der Waals surface area contributed by atoms with Gasteiger partial charge in [0.1, 0.15) is 0 Å². The fourth-order valence-electron chi connectivity index (χ4n) is 17.6. The van der Waals surface area contributed by atoms with Gasteiger partial charge in [-0.05, 0) is 279 Å². The van der Waals surface area contributed by atoms with E-state index in [0.29, 0.717) is 29.6 Å². The van der Waals surface area contributed by atoms with Crippen LogP contribution in [0.15, 0.2) is 121 Å². The molecule has 115 heavy (non-hydrogen) atoms. The standard InChI is InChI=1S/C24H35Cl.C23H33Cl.C22H31Cl.C21H29Cl.C20H27Cl/c1-2-3-4-5-6-7-8-9-10-21-11-13-22(14-12-21)15-16-23-17-19-24(25)20-18-23;1-2-3-4-5-6-7-8-9-20-10-12-21(13-11-20)14-15-22-16-18-23(24)19-17-22;1-2-3-4-5-6-7-8-19-9-11-20(12-10-19)13-14-21-15-17-22(23)18-16-21;1-2-3-4-5-6-7-18-8-10-19(11-9-18)12-13-20-14-16-21(22)17-15-20;1-2-3-4-5-6-17-7-9-18(10-8-17)11-12-19-13-15-20(21)16-14-19/h17-22H,2-14H2,1H3;16-21H,2-13H2,1H3;15-20H,2-12H2,1H3;14-19H,2-11H2,1H3;13-18H,2-10H2,1H3/t21-,22-;20-,21-;19-,20-;18-,19-;17-,18-. The Kier molecular flexibility index (Phi) is 56.2. The normalized spacial score (nSPS) is 20.8. The van der Waals surface area contributed by atoms with Gasteiger partial charge in [0, 0.05) is 82.5 Å². The number of hydrogen-bond acceptors (Lipinski definition) is 0. The SMILES string of the molecule is CCCCCCCCCC[C@H]1CC[C@H](C#Cc2ccc(Cl)cc2)CC1.CCCCCCCCC[C@H]1CC[C@H](C#Cc2ccc(Cl)cc2)CC1.CCCCCCCC[C@H]1CC[C@H](C#Cc2ccc(Cl)cc2)CC1.CCCCCCC[C@H]1CC[C@H](C#Cc2ccc(Cl)cc2)CC1.CCCCCC[C@H]1CC[C@H](C#Cc2ccc(Cl)cc2)CC1. The topological polar surface area (TPSA) is 0 Å². The minimum atomic E-state index is 0.602. The van der Waals surface area contributed by atoms with Crippen molar-refractivity contribution in [3.05, 3.63) is 174 Å². The summed E-state index contributed by atoms with van der Waals surface area (Å²) in [7, 11) is 0. The Morgan fingerprint density at radius 1 is 0.183 bits per heavy atom. The molecule has 0 heterocycles. The lowest BCUT2D eigenvalue weighted by atomic mass is 9.80. The van der Waals surface area contributed by atoms with Gasteiger partial charge in [-0.3, -0.25) is 0 Å². The summed E-state index contributed by atoms with van der Waals surface area (Å²) in [5.41, 5.74) is 5.43. The maximum atomic E-state index is 5.92. The second-order valence-electron chi connectivity index (χ2n) is 35.3. The zero-order valence-electron chi connectivity index (χ0n) is 73.1. The first-order chi connectivity index (χ1) is 56.4. The predicted octanol–water partition coefficient (Wildman–Crippen LogP) is 36.2. The fraction of sp³-hybridized carbons (Fsp3) is 0.636. The molecule has 630 valence electrons. The van der Waals surface area contributed by atoms with Crippen molar-refractivity contribution in [1.82, 2.24) is 0 Å². The number of hydrogen-bond donors (Lipinski definition) is 0. The molecule has 5 aliphatic carbocycles. The van der Waals surface area contributed by atoms with Crippen molar-refractivity contribution in [3.8, 4) is 59.2 Å². The van der Waals surface area contributed by atoms with E-state index in [1.165, 1.54) is 353 Å². The molecule has 0 unspecified atom stereocenters. The summed E-state index contributed by atoms with van der Waals surface area (Å²) in [5, 5.41) is 3.92. The summed E-state index contributed by atoms with van der Waals surface area (Å²) in [6.07, 6.45) is 76.6. The summed E-state index contributed by atoms with van der Waals surface area (Å²) >= 11 is 29.5. The van der Waals surface area contributed by atoms with Crippen LogP contribution in [-0.4, -0.2) is 0 Å². The molecule has 5 fully saturated rings. The van der Waals surface area contributed by atoms with Gasteiger partial charge < -0.3 is 0 Å². The lowest BCUT2D eigenvalue weighted by molar-refractivity contribution is 0.293. The van der Waals surface area contributed by atoms with Gasteiger partial charge in [0.25, 0.3) is 0 Å². The van der Waals surface area contributed by atoms with Crippen LogP contribution in [0.5, 0.6) is 0 Å². The van der Waals surface area contributed by atoms with Gasteiger partial charge in [-0.15, -0.1) is 0 Å². The first-order valence-corrected chi connectivity index (χ1v) is 49.6. The van der Waals surface area contributed by atoms with E-state index in [2.05, 4.69) is 93.8 Å². The Hall–Kier alpha value is -4.65. The van der Waals surface area contributed by atoms with Gasteiger partial charge in [0.2, 0.25) is 0 Å². The molecule has 0 aliphatic heterocycles. The van der Waals surface area contributed by atoms with Crippen molar-refractivity contribution in [2.45, 2.75) is 388 Å². The fourth-order valence-corrected chi connectivity index (χ4v) is 18.3. The van der Waals surface area contributed by atoms with Crippen LogP contribution in [0.2, 0.25) is 25.1 Å². The maximum Gasteiger partial charge on any atom is 0.0406 e. The van der Waals surface area contributed by atoms with Crippen molar-refractivity contribution in [2.75, 3.05) is 0 Å². The zero-order valence-corrected chi connectivity index (χ0v) is 76.9. The monoisotopic (exact) mass is 1650 g/mol. The Morgan fingerprint density at radius 2 is 0.313 bits per heavy atom. The molecule has 5 aromatic rings. The Bertz CT molecular complexity index is 3520. The number of rotatable bonds is 35. The summed E-state index contributed by atoms with van der Waals surface area (Å²) in [4.78, 5) is 0. The van der Waals surface area contributed by atoms with Gasteiger partial charge in [-0.25, -0.2) is 0 Å². The third-order valence-electron chi connectivity index (χ3n) is 25.4. The van der Waals surface area contributed by atoms with E-state index in [9.17, 15) is 0 Å². The lowest BCUT2D eigenvalue weighted by Crippen LogP contribution is -2.13. The maximum absolute atomic E-state index is 5.92. The zero-order chi connectivity index (χ0) is 81.7. The minimum absolute atomic E-state index is 0.602. The highest BCUT2D eigenvalue weighted by atomic mass is 35.5. The van der Waals surface area contributed by atoms with Crippen LogP contribution in [0, 0.1) is 118 Å². The molecule has 0 bridgehead atoms. The molecule has 0 spiro atoms. The van der Waals surface area contributed by atoms with E-state index in [4.69, 9.17) is 58.0 Å². The molecule has 5 saturated carbocycles. The van der Waals surface area contributed by atoms with Gasteiger partial charge >= 0.3 is 0 Å². The van der Waals surface area contributed by atoms with Crippen LogP contribution in [0.4, 0.5) is 0 Å². The van der Waals surface area contributed by atoms with E-state index in [1.54, 1.807) is 0 Å². The molecule has 0 atom stereocenters. The molecule has 0 radical (unpaired) electrons. The summed E-state index contributed by atoms with van der Waals surface area (Å²) in [5.74, 6) is 41.8. The summed E-state index contributed by atoms with van der Waals surface area (Å²) in [6.45, 7) is 11.4. The molecule has 0 aromatic heterocycles. The first-order valence-electron chi connectivity index (χ1n) is 47.7.